The number of hydrogen-bond acceptors (Lipinski definition) is 5. The molecule has 5 nitrogen and oxygen atoms in total. The van der Waals surface area contributed by atoms with Gasteiger partial charge in [0.15, 0.2) is 0 Å². The van der Waals surface area contributed by atoms with Crippen LogP contribution < -0.4 is 5.32 Å². The molecule has 0 amide bonds. The first-order valence-corrected chi connectivity index (χ1v) is 6.66. The number of rotatable bonds is 2. The number of nitrogens with zero attached hydrogens (tertiary/aromatic N) is 3. The summed E-state index contributed by atoms with van der Waals surface area (Å²) in [4.78, 5) is 8.90. The van der Waals surface area contributed by atoms with Gasteiger partial charge in [-0.05, 0) is 44.5 Å². The van der Waals surface area contributed by atoms with Crippen molar-refractivity contribution in [3.05, 3.63) is 29.8 Å². The van der Waals surface area contributed by atoms with E-state index in [0.29, 0.717) is 5.82 Å². The quantitative estimate of drug-likeness (QED) is 0.893. The van der Waals surface area contributed by atoms with Gasteiger partial charge in [0.1, 0.15) is 5.69 Å². The molecule has 19 heavy (non-hydrogen) atoms. The Bertz CT molecular complexity index is 572. The SMILES string of the molecule is Cc1cccnc1-c1noc(C2(C)CCNCC2)n1. The normalized spacial score (nSPS) is 18.4. The van der Waals surface area contributed by atoms with Crippen LogP contribution in [-0.2, 0) is 5.41 Å². The third-order valence-corrected chi connectivity index (χ3v) is 3.87. The highest BCUT2D eigenvalue weighted by Crippen LogP contribution is 2.32. The van der Waals surface area contributed by atoms with Crippen molar-refractivity contribution in [3.63, 3.8) is 0 Å². The Hall–Kier alpha value is -1.75. The number of pyridine rings is 1. The molecule has 0 bridgehead atoms. The minimum Gasteiger partial charge on any atom is -0.338 e. The molecule has 2 aromatic rings. The fourth-order valence-electron chi connectivity index (χ4n) is 2.48. The van der Waals surface area contributed by atoms with E-state index in [1.807, 2.05) is 19.1 Å². The summed E-state index contributed by atoms with van der Waals surface area (Å²) in [6.45, 7) is 6.19. The Kier molecular flexibility index (Phi) is 3.06. The van der Waals surface area contributed by atoms with Gasteiger partial charge < -0.3 is 9.84 Å². The van der Waals surface area contributed by atoms with Crippen LogP contribution >= 0.6 is 0 Å². The van der Waals surface area contributed by atoms with Crippen LogP contribution in [0.15, 0.2) is 22.9 Å². The van der Waals surface area contributed by atoms with Crippen molar-refractivity contribution in [2.24, 2.45) is 0 Å². The largest absolute Gasteiger partial charge is 0.338 e. The molecule has 1 aliphatic heterocycles. The number of piperidine rings is 1. The molecule has 2 aromatic heterocycles. The van der Waals surface area contributed by atoms with Crippen LogP contribution in [0.25, 0.3) is 11.5 Å². The lowest BCUT2D eigenvalue weighted by Crippen LogP contribution is -2.37. The van der Waals surface area contributed by atoms with Crippen LogP contribution in [0.1, 0.15) is 31.2 Å². The standard InChI is InChI=1S/C14H18N4O/c1-10-4-3-7-16-11(10)12-17-13(19-18-12)14(2)5-8-15-9-6-14/h3-4,7,15H,5-6,8-9H2,1-2H3. The molecule has 0 unspecified atom stereocenters. The molecule has 0 spiro atoms. The van der Waals surface area contributed by atoms with E-state index in [1.165, 1.54) is 0 Å². The lowest BCUT2D eigenvalue weighted by atomic mass is 9.81. The molecule has 0 aromatic carbocycles. The predicted molar refractivity (Wildman–Crippen MR) is 71.7 cm³/mol. The summed E-state index contributed by atoms with van der Waals surface area (Å²) in [7, 11) is 0. The third kappa shape index (κ3) is 2.26. The summed E-state index contributed by atoms with van der Waals surface area (Å²) < 4.78 is 5.49. The van der Waals surface area contributed by atoms with E-state index in [-0.39, 0.29) is 5.41 Å². The van der Waals surface area contributed by atoms with Crippen molar-refractivity contribution in [3.8, 4) is 11.5 Å². The zero-order chi connectivity index (χ0) is 13.3. The molecule has 0 aliphatic carbocycles. The molecular weight excluding hydrogens is 240 g/mol. The summed E-state index contributed by atoms with van der Waals surface area (Å²) in [5.41, 5.74) is 1.85. The molecule has 1 saturated heterocycles. The van der Waals surface area contributed by atoms with Crippen molar-refractivity contribution in [2.75, 3.05) is 13.1 Å². The first-order valence-electron chi connectivity index (χ1n) is 6.66. The molecule has 0 atom stereocenters. The molecule has 1 aliphatic rings. The topological polar surface area (TPSA) is 63.8 Å². The van der Waals surface area contributed by atoms with Gasteiger partial charge in [-0.15, -0.1) is 0 Å². The molecule has 1 N–H and O–H groups in total. The van der Waals surface area contributed by atoms with E-state index in [2.05, 4.69) is 27.4 Å². The van der Waals surface area contributed by atoms with E-state index in [0.717, 1.165) is 43.1 Å². The fraction of sp³-hybridized carbons (Fsp3) is 0.500. The van der Waals surface area contributed by atoms with Gasteiger partial charge in [-0.1, -0.05) is 18.1 Å². The molecule has 0 saturated carbocycles. The zero-order valence-electron chi connectivity index (χ0n) is 11.3. The third-order valence-electron chi connectivity index (χ3n) is 3.87. The van der Waals surface area contributed by atoms with Crippen LogP contribution in [0.2, 0.25) is 0 Å². The van der Waals surface area contributed by atoms with Crippen LogP contribution in [-0.4, -0.2) is 28.2 Å². The van der Waals surface area contributed by atoms with Gasteiger partial charge in [-0.2, -0.15) is 4.98 Å². The van der Waals surface area contributed by atoms with Crippen LogP contribution in [0, 0.1) is 6.92 Å². The maximum atomic E-state index is 5.49. The second-order valence-corrected chi connectivity index (χ2v) is 5.40. The number of hydrogen-bond donors (Lipinski definition) is 1. The first-order chi connectivity index (χ1) is 9.19. The van der Waals surface area contributed by atoms with Gasteiger partial charge in [0.2, 0.25) is 11.7 Å². The van der Waals surface area contributed by atoms with Crippen molar-refractivity contribution in [2.45, 2.75) is 32.1 Å². The lowest BCUT2D eigenvalue weighted by Gasteiger charge is -2.30. The van der Waals surface area contributed by atoms with Crippen molar-refractivity contribution in [1.29, 1.82) is 0 Å². The van der Waals surface area contributed by atoms with Gasteiger partial charge in [-0.25, -0.2) is 0 Å². The highest BCUT2D eigenvalue weighted by Gasteiger charge is 2.34. The summed E-state index contributed by atoms with van der Waals surface area (Å²) >= 11 is 0. The molecule has 0 radical (unpaired) electrons. The Morgan fingerprint density at radius 3 is 2.84 bits per heavy atom. The van der Waals surface area contributed by atoms with Gasteiger partial charge in [0.05, 0.1) is 0 Å². The lowest BCUT2D eigenvalue weighted by molar-refractivity contribution is 0.241. The highest BCUT2D eigenvalue weighted by molar-refractivity contribution is 5.53. The smallest absolute Gasteiger partial charge is 0.233 e. The highest BCUT2D eigenvalue weighted by atomic mass is 16.5. The van der Waals surface area contributed by atoms with Crippen LogP contribution in [0.4, 0.5) is 0 Å². The van der Waals surface area contributed by atoms with Crippen LogP contribution in [0.5, 0.6) is 0 Å². The van der Waals surface area contributed by atoms with Crippen molar-refractivity contribution >= 4 is 0 Å². The summed E-state index contributed by atoms with van der Waals surface area (Å²) in [6, 6.07) is 3.92. The minimum atomic E-state index is -0.0147. The predicted octanol–water partition coefficient (Wildman–Crippen LogP) is 2.08. The van der Waals surface area contributed by atoms with E-state index >= 15 is 0 Å². The van der Waals surface area contributed by atoms with Gasteiger partial charge in [-0.3, -0.25) is 4.98 Å². The first kappa shape index (κ1) is 12.3. The van der Waals surface area contributed by atoms with Gasteiger partial charge in [0, 0.05) is 11.6 Å². The maximum absolute atomic E-state index is 5.49. The molecule has 1 fully saturated rings. The van der Waals surface area contributed by atoms with Gasteiger partial charge in [0.25, 0.3) is 0 Å². The number of aryl methyl sites for hydroxylation is 1. The number of aromatic nitrogens is 3. The van der Waals surface area contributed by atoms with Gasteiger partial charge >= 0.3 is 0 Å². The molecule has 3 rings (SSSR count). The zero-order valence-corrected chi connectivity index (χ0v) is 11.3. The summed E-state index contributed by atoms with van der Waals surface area (Å²) in [5.74, 6) is 1.32. The fourth-order valence-corrected chi connectivity index (χ4v) is 2.48. The summed E-state index contributed by atoms with van der Waals surface area (Å²) in [5, 5.41) is 7.45. The van der Waals surface area contributed by atoms with E-state index in [9.17, 15) is 0 Å². The average Bonchev–Trinajstić information content (AvgIpc) is 2.90. The Balaban J connectivity index is 1.93. The van der Waals surface area contributed by atoms with Crippen molar-refractivity contribution < 1.29 is 4.52 Å². The Labute approximate surface area is 112 Å². The Morgan fingerprint density at radius 1 is 1.32 bits per heavy atom. The van der Waals surface area contributed by atoms with E-state index < -0.39 is 0 Å². The number of nitrogens with one attached hydrogen (secondary N) is 1. The van der Waals surface area contributed by atoms with E-state index in [4.69, 9.17) is 4.52 Å². The Morgan fingerprint density at radius 2 is 2.11 bits per heavy atom. The van der Waals surface area contributed by atoms with E-state index in [1.54, 1.807) is 6.20 Å². The molecule has 3 heterocycles. The maximum Gasteiger partial charge on any atom is 0.233 e. The van der Waals surface area contributed by atoms with Crippen LogP contribution in [0.3, 0.4) is 0 Å². The monoisotopic (exact) mass is 258 g/mol. The molecule has 5 heteroatoms. The average molecular weight is 258 g/mol. The second kappa shape index (κ2) is 4.74. The molecule has 100 valence electrons. The minimum absolute atomic E-state index is 0.0147. The second-order valence-electron chi connectivity index (χ2n) is 5.40. The molecular formula is C14H18N4O. The van der Waals surface area contributed by atoms with Crippen molar-refractivity contribution in [1.82, 2.24) is 20.4 Å². The summed E-state index contributed by atoms with van der Waals surface area (Å²) in [6.07, 6.45) is 3.80.